The first kappa shape index (κ1) is 16.3. The lowest BCUT2D eigenvalue weighted by Crippen LogP contribution is -2.37. The van der Waals surface area contributed by atoms with Gasteiger partial charge < -0.3 is 14.2 Å². The van der Waals surface area contributed by atoms with Crippen molar-refractivity contribution < 1.29 is 19.0 Å². The first-order valence-corrected chi connectivity index (χ1v) is 8.50. The Bertz CT molecular complexity index is 507. The quantitative estimate of drug-likeness (QED) is 0.756. The predicted molar refractivity (Wildman–Crippen MR) is 86.1 cm³/mol. The highest BCUT2D eigenvalue weighted by molar-refractivity contribution is 5.69. The van der Waals surface area contributed by atoms with E-state index in [0.717, 1.165) is 31.4 Å². The van der Waals surface area contributed by atoms with Crippen LogP contribution in [0.2, 0.25) is 0 Å². The molecule has 0 saturated carbocycles. The summed E-state index contributed by atoms with van der Waals surface area (Å²) in [4.78, 5) is 14.2. The molecule has 3 rings (SSSR count). The van der Waals surface area contributed by atoms with Gasteiger partial charge in [-0.1, -0.05) is 43.7 Å². The van der Waals surface area contributed by atoms with Crippen LogP contribution in [0.1, 0.15) is 31.7 Å². The van der Waals surface area contributed by atoms with Crippen LogP contribution in [-0.2, 0) is 20.8 Å². The van der Waals surface area contributed by atoms with Gasteiger partial charge in [0.2, 0.25) is 0 Å². The summed E-state index contributed by atoms with van der Waals surface area (Å²) in [5, 5.41) is 0. The number of rotatable bonds is 6. The van der Waals surface area contributed by atoms with Crippen molar-refractivity contribution in [3.8, 4) is 0 Å². The Morgan fingerprint density at radius 2 is 2.17 bits per heavy atom. The van der Waals surface area contributed by atoms with E-state index in [9.17, 15) is 4.79 Å². The van der Waals surface area contributed by atoms with Crippen molar-refractivity contribution in [2.45, 2.75) is 51.0 Å². The SMILES string of the molecule is CCCCO[C@@H]1CN(C(=O)OCc2ccccc2)[C@@H]2CCO[C@@H]21. The number of ether oxygens (including phenoxy) is 3. The molecule has 0 spiro atoms. The molecule has 0 N–H and O–H groups in total. The molecule has 0 aliphatic carbocycles. The number of amides is 1. The predicted octanol–water partition coefficient (Wildman–Crippen LogP) is 2.98. The Kier molecular flexibility index (Phi) is 5.51. The van der Waals surface area contributed by atoms with Gasteiger partial charge in [0.05, 0.1) is 12.6 Å². The number of carbonyl (C=O) groups is 1. The standard InChI is InChI=1S/C18H25NO4/c1-2-3-10-21-16-12-19(15-9-11-22-17(15)16)18(20)23-13-14-7-5-4-6-8-14/h4-8,15-17H,2-3,9-13H2,1H3/t15-,16-,17+/m1/s1. The second kappa shape index (κ2) is 7.79. The molecule has 23 heavy (non-hydrogen) atoms. The van der Waals surface area contributed by atoms with Gasteiger partial charge in [-0.2, -0.15) is 0 Å². The molecule has 2 saturated heterocycles. The normalized spacial score (nSPS) is 26.3. The maximum atomic E-state index is 12.4. The molecule has 1 amide bonds. The lowest BCUT2D eigenvalue weighted by molar-refractivity contribution is -0.0306. The number of fused-ring (bicyclic) bond motifs is 1. The molecule has 2 aliphatic rings. The van der Waals surface area contributed by atoms with Gasteiger partial charge in [-0.15, -0.1) is 0 Å². The largest absolute Gasteiger partial charge is 0.445 e. The van der Waals surface area contributed by atoms with Crippen molar-refractivity contribution in [2.24, 2.45) is 0 Å². The van der Waals surface area contributed by atoms with Gasteiger partial charge in [0, 0.05) is 13.2 Å². The Hall–Kier alpha value is -1.59. The number of hydrogen-bond donors (Lipinski definition) is 0. The van der Waals surface area contributed by atoms with E-state index in [0.29, 0.717) is 19.8 Å². The minimum atomic E-state index is -0.268. The van der Waals surface area contributed by atoms with Crippen molar-refractivity contribution in [1.82, 2.24) is 4.90 Å². The van der Waals surface area contributed by atoms with Crippen LogP contribution in [-0.4, -0.2) is 49.0 Å². The molecule has 126 valence electrons. The highest BCUT2D eigenvalue weighted by Crippen LogP contribution is 2.31. The summed E-state index contributed by atoms with van der Waals surface area (Å²) in [6, 6.07) is 9.83. The van der Waals surface area contributed by atoms with Crippen LogP contribution < -0.4 is 0 Å². The van der Waals surface area contributed by atoms with Crippen LogP contribution in [0.5, 0.6) is 0 Å². The summed E-state index contributed by atoms with van der Waals surface area (Å²) in [5.74, 6) is 0. The second-order valence-electron chi connectivity index (χ2n) is 6.15. The van der Waals surface area contributed by atoms with Crippen LogP contribution in [0.25, 0.3) is 0 Å². The summed E-state index contributed by atoms with van der Waals surface area (Å²) >= 11 is 0. The molecule has 1 aromatic rings. The third-order valence-electron chi connectivity index (χ3n) is 4.52. The van der Waals surface area contributed by atoms with Gasteiger partial charge in [0.25, 0.3) is 0 Å². The lowest BCUT2D eigenvalue weighted by atomic mass is 10.1. The van der Waals surface area contributed by atoms with Crippen LogP contribution in [0.15, 0.2) is 30.3 Å². The summed E-state index contributed by atoms with van der Waals surface area (Å²) < 4.78 is 17.2. The average molecular weight is 319 g/mol. The molecular formula is C18H25NO4. The fourth-order valence-electron chi connectivity index (χ4n) is 3.26. The van der Waals surface area contributed by atoms with E-state index in [2.05, 4.69) is 6.92 Å². The zero-order chi connectivity index (χ0) is 16.1. The molecule has 2 fully saturated rings. The van der Waals surface area contributed by atoms with Gasteiger partial charge >= 0.3 is 6.09 Å². The monoisotopic (exact) mass is 319 g/mol. The third-order valence-corrected chi connectivity index (χ3v) is 4.52. The number of carbonyl (C=O) groups excluding carboxylic acids is 1. The van der Waals surface area contributed by atoms with Crippen molar-refractivity contribution in [1.29, 1.82) is 0 Å². The van der Waals surface area contributed by atoms with Crippen LogP contribution in [0.4, 0.5) is 4.79 Å². The van der Waals surface area contributed by atoms with E-state index in [1.54, 1.807) is 4.90 Å². The molecular weight excluding hydrogens is 294 g/mol. The van der Waals surface area contributed by atoms with E-state index in [1.165, 1.54) is 0 Å². The molecule has 0 unspecified atom stereocenters. The fourth-order valence-corrected chi connectivity index (χ4v) is 3.26. The number of unbranched alkanes of at least 4 members (excludes halogenated alkanes) is 1. The van der Waals surface area contributed by atoms with E-state index in [1.807, 2.05) is 30.3 Å². The van der Waals surface area contributed by atoms with Crippen molar-refractivity contribution in [3.05, 3.63) is 35.9 Å². The number of hydrogen-bond acceptors (Lipinski definition) is 4. The minimum Gasteiger partial charge on any atom is -0.445 e. The van der Waals surface area contributed by atoms with Gasteiger partial charge in [-0.25, -0.2) is 4.79 Å². The van der Waals surface area contributed by atoms with E-state index < -0.39 is 0 Å². The summed E-state index contributed by atoms with van der Waals surface area (Å²) in [7, 11) is 0. The van der Waals surface area contributed by atoms with E-state index in [-0.39, 0.29) is 24.3 Å². The zero-order valence-corrected chi connectivity index (χ0v) is 13.6. The van der Waals surface area contributed by atoms with Gasteiger partial charge in [-0.05, 0) is 18.4 Å². The lowest BCUT2D eigenvalue weighted by Gasteiger charge is -2.21. The fraction of sp³-hybridized carbons (Fsp3) is 0.611. The highest BCUT2D eigenvalue weighted by atomic mass is 16.6. The summed E-state index contributed by atoms with van der Waals surface area (Å²) in [6.07, 6.45) is 2.70. The summed E-state index contributed by atoms with van der Waals surface area (Å²) in [5.41, 5.74) is 0.995. The van der Waals surface area contributed by atoms with E-state index in [4.69, 9.17) is 14.2 Å². The van der Waals surface area contributed by atoms with Crippen molar-refractivity contribution in [2.75, 3.05) is 19.8 Å². The Balaban J connectivity index is 1.55. The molecule has 5 heteroatoms. The highest BCUT2D eigenvalue weighted by Gasteiger charge is 2.48. The molecule has 3 atom stereocenters. The van der Waals surface area contributed by atoms with Crippen LogP contribution in [0, 0.1) is 0 Å². The number of nitrogens with zero attached hydrogens (tertiary/aromatic N) is 1. The Labute approximate surface area is 137 Å². The Morgan fingerprint density at radius 3 is 2.96 bits per heavy atom. The molecule has 2 heterocycles. The first-order chi connectivity index (χ1) is 11.3. The maximum Gasteiger partial charge on any atom is 0.410 e. The molecule has 1 aromatic carbocycles. The third kappa shape index (κ3) is 3.85. The van der Waals surface area contributed by atoms with Gasteiger partial charge in [-0.3, -0.25) is 4.90 Å². The number of benzene rings is 1. The molecule has 0 bridgehead atoms. The van der Waals surface area contributed by atoms with Gasteiger partial charge in [0.1, 0.15) is 18.8 Å². The average Bonchev–Trinajstić information content (AvgIpc) is 3.17. The molecule has 0 aromatic heterocycles. The second-order valence-corrected chi connectivity index (χ2v) is 6.15. The molecule has 0 radical (unpaired) electrons. The Morgan fingerprint density at radius 1 is 1.35 bits per heavy atom. The van der Waals surface area contributed by atoms with Gasteiger partial charge in [0.15, 0.2) is 0 Å². The molecule has 5 nitrogen and oxygen atoms in total. The minimum absolute atomic E-state index is 0.00358. The van der Waals surface area contributed by atoms with Crippen LogP contribution in [0.3, 0.4) is 0 Å². The summed E-state index contributed by atoms with van der Waals surface area (Å²) in [6.45, 7) is 4.41. The molecule has 2 aliphatic heterocycles. The maximum absolute atomic E-state index is 12.4. The smallest absolute Gasteiger partial charge is 0.410 e. The number of likely N-dealkylation sites (tertiary alicyclic amines) is 1. The van der Waals surface area contributed by atoms with Crippen LogP contribution >= 0.6 is 0 Å². The van der Waals surface area contributed by atoms with E-state index >= 15 is 0 Å². The van der Waals surface area contributed by atoms with Crippen molar-refractivity contribution in [3.63, 3.8) is 0 Å². The topological polar surface area (TPSA) is 48.0 Å². The zero-order valence-electron chi connectivity index (χ0n) is 13.6. The van der Waals surface area contributed by atoms with Crippen molar-refractivity contribution >= 4 is 6.09 Å². The first-order valence-electron chi connectivity index (χ1n) is 8.50.